The normalized spacial score (nSPS) is 19.2. The highest BCUT2D eigenvalue weighted by molar-refractivity contribution is 8.04. The molecule has 1 aliphatic carbocycles. The number of nitrogens with zero attached hydrogens (tertiary/aromatic N) is 2. The number of anilines is 1. The lowest BCUT2D eigenvalue weighted by atomic mass is 9.78. The van der Waals surface area contributed by atoms with Crippen LogP contribution in [0.15, 0.2) is 129 Å². The average molecular weight is 657 g/mol. The maximum absolute atomic E-state index is 14.3. The summed E-state index contributed by atoms with van der Waals surface area (Å²) in [4.78, 5) is 17.9. The highest BCUT2D eigenvalue weighted by atomic mass is 32.2. The van der Waals surface area contributed by atoms with E-state index in [1.807, 2.05) is 0 Å². The minimum atomic E-state index is -0.0637. The van der Waals surface area contributed by atoms with Crippen LogP contribution in [-0.4, -0.2) is 12.3 Å². The number of hydrogen-bond acceptors (Lipinski definition) is 5. The van der Waals surface area contributed by atoms with Crippen LogP contribution in [0, 0.1) is 0 Å². The van der Waals surface area contributed by atoms with E-state index in [4.69, 9.17) is 0 Å². The van der Waals surface area contributed by atoms with Gasteiger partial charge >= 0.3 is 0 Å². The van der Waals surface area contributed by atoms with Crippen molar-refractivity contribution in [3.8, 4) is 0 Å². The number of allylic oxidation sites excluding steroid dienone is 4. The zero-order valence-corrected chi connectivity index (χ0v) is 27.6. The molecule has 4 aliphatic rings. The Labute approximate surface area is 284 Å². The first-order chi connectivity index (χ1) is 23.7. The molecule has 0 unspecified atom stereocenters. The van der Waals surface area contributed by atoms with E-state index in [1.54, 1.807) is 23.1 Å². The molecule has 0 radical (unpaired) electrons. The molecular weight excluding hydrogens is 629 g/mol. The van der Waals surface area contributed by atoms with Crippen molar-refractivity contribution in [2.24, 2.45) is 0 Å². The topological polar surface area (TPSA) is 47.3 Å². The zero-order valence-electron chi connectivity index (χ0n) is 26.0. The Hall–Kier alpha value is -4.91. The Morgan fingerprint density at radius 1 is 0.646 bits per heavy atom. The quantitative estimate of drug-likeness (QED) is 0.100. The second-order valence-corrected chi connectivity index (χ2v) is 15.2. The summed E-state index contributed by atoms with van der Waals surface area (Å²) in [6.45, 7) is 1.77. The molecule has 0 fully saturated rings. The molecule has 0 amide bonds. The summed E-state index contributed by atoms with van der Waals surface area (Å²) in [5.74, 6) is -0.127. The van der Waals surface area contributed by atoms with Gasteiger partial charge in [0, 0.05) is 45.4 Å². The molecule has 0 bridgehead atoms. The first-order valence-corrected chi connectivity index (χ1v) is 18.4. The van der Waals surface area contributed by atoms with Crippen LogP contribution in [0.3, 0.4) is 0 Å². The lowest BCUT2D eigenvalue weighted by Crippen LogP contribution is -2.41. The summed E-state index contributed by atoms with van der Waals surface area (Å²) in [5.41, 5.74) is 5.15. The molecule has 0 spiro atoms. The third-order valence-corrected chi connectivity index (χ3v) is 13.3. The number of thioether (sulfide) groups is 1. The zero-order chi connectivity index (χ0) is 31.7. The third-order valence-electron chi connectivity index (χ3n) is 10.8. The van der Waals surface area contributed by atoms with Crippen molar-refractivity contribution in [2.45, 2.75) is 37.1 Å². The molecule has 4 nitrogen and oxygen atoms in total. The van der Waals surface area contributed by atoms with Crippen molar-refractivity contribution in [3.05, 3.63) is 130 Å². The fraction of sp³-hybridized carbons (Fsp3) is 0.143. The van der Waals surface area contributed by atoms with Gasteiger partial charge in [-0.3, -0.25) is 4.79 Å². The summed E-state index contributed by atoms with van der Waals surface area (Å²) >= 11 is 3.49. The van der Waals surface area contributed by atoms with Crippen LogP contribution >= 0.6 is 23.1 Å². The van der Waals surface area contributed by atoms with E-state index in [9.17, 15) is 9.90 Å². The van der Waals surface area contributed by atoms with Gasteiger partial charge in [0.2, 0.25) is 5.52 Å². The first kappa shape index (κ1) is 27.1. The number of aromatic nitrogens is 1. The van der Waals surface area contributed by atoms with E-state index in [0.717, 1.165) is 60.0 Å². The van der Waals surface area contributed by atoms with Gasteiger partial charge in [0.15, 0.2) is 12.3 Å². The number of thiazole rings is 1. The Morgan fingerprint density at radius 3 is 1.96 bits per heavy atom. The molecule has 0 saturated heterocycles. The van der Waals surface area contributed by atoms with Crippen molar-refractivity contribution in [1.82, 2.24) is 0 Å². The van der Waals surface area contributed by atoms with Crippen LogP contribution in [0.5, 0.6) is 0 Å². The number of ketones is 1. The Balaban J connectivity index is 1.10. The number of hydrogen-bond donors (Lipinski definition) is 0. The SMILES string of the molecule is O=C1C(C2=C3Sc4c(c5ccccc5c5ccccc45)N3CCC2)=C([O-])/C1=C1/CCC[n+]2c1sc1c3ccccc3c3ccccc3c12. The summed E-state index contributed by atoms with van der Waals surface area (Å²) < 4.78 is 3.62. The van der Waals surface area contributed by atoms with Gasteiger partial charge in [-0.05, 0) is 57.8 Å². The predicted octanol–water partition coefficient (Wildman–Crippen LogP) is 9.16. The van der Waals surface area contributed by atoms with E-state index in [-0.39, 0.29) is 11.5 Å². The number of carbonyl (C=O) groups excluding carboxylic acids is 1. The van der Waals surface area contributed by atoms with E-state index >= 15 is 0 Å². The van der Waals surface area contributed by atoms with E-state index in [1.165, 1.54) is 63.9 Å². The van der Waals surface area contributed by atoms with Crippen molar-refractivity contribution < 1.29 is 14.5 Å². The highest BCUT2D eigenvalue weighted by Crippen LogP contribution is 2.57. The smallest absolute Gasteiger partial charge is 0.266 e. The number of Topliss-reactive ketones (excluding diaryl/α,β-unsaturated/α-hetero) is 1. The lowest BCUT2D eigenvalue weighted by molar-refractivity contribution is -0.671. The minimum Gasteiger partial charge on any atom is -0.871 e. The van der Waals surface area contributed by atoms with Crippen molar-refractivity contribution in [3.63, 3.8) is 0 Å². The van der Waals surface area contributed by atoms with Gasteiger partial charge in [0.1, 0.15) is 4.70 Å². The molecule has 7 aromatic rings. The van der Waals surface area contributed by atoms with Gasteiger partial charge in [-0.2, -0.15) is 4.57 Å². The number of aryl methyl sites for hydroxylation is 1. The van der Waals surface area contributed by atoms with E-state index in [2.05, 4.69) is 107 Å². The van der Waals surface area contributed by atoms with Crippen molar-refractivity contribution >= 4 is 93.4 Å². The summed E-state index contributed by atoms with van der Waals surface area (Å²) in [5, 5.41) is 26.3. The molecule has 6 aromatic carbocycles. The number of benzene rings is 6. The van der Waals surface area contributed by atoms with Crippen LogP contribution in [0.25, 0.3) is 58.9 Å². The molecule has 0 atom stereocenters. The Morgan fingerprint density at radius 2 is 1.23 bits per heavy atom. The predicted molar refractivity (Wildman–Crippen MR) is 196 cm³/mol. The van der Waals surface area contributed by atoms with Gasteiger partial charge in [-0.15, -0.1) is 0 Å². The summed E-state index contributed by atoms with van der Waals surface area (Å²) in [6, 6.07) is 34.5. The van der Waals surface area contributed by atoms with Crippen LogP contribution in [0.1, 0.15) is 30.7 Å². The lowest BCUT2D eigenvalue weighted by Gasteiger charge is -2.37. The third kappa shape index (κ3) is 3.41. The fourth-order valence-corrected chi connectivity index (χ4v) is 11.6. The standard InChI is InChI=1S/C42H28N2O2S2/c45-37-33(31-19-9-21-43-35-27-15-5-1-11-23(27)25-13-3-7-17-29(25)39(35)47-41(31)43)38(46)34(37)32-20-10-22-44-36-28-16-6-2-12-24(28)26-14-4-8-18-30(26)40(36)48-42(32)44/h1-8,11-18H,9-10,19-22H2. The molecule has 1 aromatic heterocycles. The Kier molecular flexibility index (Phi) is 5.54. The average Bonchev–Trinajstić information content (AvgIpc) is 3.73. The highest BCUT2D eigenvalue weighted by Gasteiger charge is 2.42. The molecule has 3 aliphatic heterocycles. The summed E-state index contributed by atoms with van der Waals surface area (Å²) in [6.07, 6.45) is 3.32. The van der Waals surface area contributed by atoms with Crippen molar-refractivity contribution in [2.75, 3.05) is 11.4 Å². The molecule has 6 heteroatoms. The van der Waals surface area contributed by atoms with Crippen LogP contribution in [0.4, 0.5) is 5.69 Å². The molecule has 230 valence electrons. The molecule has 4 heterocycles. The van der Waals surface area contributed by atoms with Crippen molar-refractivity contribution in [1.29, 1.82) is 0 Å². The van der Waals surface area contributed by atoms with Crippen LogP contribution in [-0.2, 0) is 11.3 Å². The minimum absolute atomic E-state index is 0.0637. The molecule has 0 saturated carbocycles. The van der Waals surface area contributed by atoms with Crippen LogP contribution < -0.4 is 14.6 Å². The van der Waals surface area contributed by atoms with Gasteiger partial charge in [-0.25, -0.2) is 0 Å². The molecule has 11 rings (SSSR count). The molecular formula is C42H28N2O2S2. The second-order valence-electron chi connectivity index (χ2n) is 13.2. The Bertz CT molecular complexity index is 2750. The molecule has 48 heavy (non-hydrogen) atoms. The van der Waals surface area contributed by atoms with E-state index < -0.39 is 0 Å². The molecule has 0 N–H and O–H groups in total. The first-order valence-electron chi connectivity index (χ1n) is 16.8. The van der Waals surface area contributed by atoms with Gasteiger partial charge in [0.25, 0.3) is 5.01 Å². The maximum Gasteiger partial charge on any atom is 0.266 e. The maximum atomic E-state index is 14.3. The number of rotatable bonds is 1. The van der Waals surface area contributed by atoms with Gasteiger partial charge in [0.05, 0.1) is 16.1 Å². The van der Waals surface area contributed by atoms with Crippen LogP contribution in [0.2, 0.25) is 0 Å². The number of carbonyl (C=O) groups is 1. The fourth-order valence-electron chi connectivity index (χ4n) is 8.75. The number of fused-ring (bicyclic) bond motifs is 16. The largest absolute Gasteiger partial charge is 0.871 e. The monoisotopic (exact) mass is 656 g/mol. The van der Waals surface area contributed by atoms with Gasteiger partial charge < -0.3 is 10.0 Å². The second kappa shape index (κ2) is 9.82. The van der Waals surface area contributed by atoms with Gasteiger partial charge in [-0.1, -0.05) is 120 Å². The summed E-state index contributed by atoms with van der Waals surface area (Å²) in [7, 11) is 0. The van der Waals surface area contributed by atoms with E-state index in [0.29, 0.717) is 11.1 Å².